The third kappa shape index (κ3) is 10.8. The van der Waals surface area contributed by atoms with Gasteiger partial charge in [0.1, 0.15) is 23.5 Å². The maximum absolute atomic E-state index is 12.6. The lowest BCUT2D eigenvalue weighted by Crippen LogP contribution is -2.05. The van der Waals surface area contributed by atoms with E-state index >= 15 is 0 Å². The standard InChI is InChI=1S/C24H24Cl4F3NO3/c1-16(17-6-8-18(9-7-17)24(29,30)31)32-35-12-5-3-2-4-11-34-23-20(25)14-19(15-21(23)26)33-13-10-22(27)28/h6-10,14-15H,2-5,11-13H2,1H3. The molecule has 0 N–H and O–H groups in total. The minimum Gasteiger partial charge on any atom is -0.490 e. The molecule has 2 aromatic rings. The molecule has 0 spiro atoms. The van der Waals surface area contributed by atoms with Gasteiger partial charge in [0.25, 0.3) is 0 Å². The Labute approximate surface area is 222 Å². The Hall–Kier alpha value is -1.80. The number of rotatable bonds is 13. The summed E-state index contributed by atoms with van der Waals surface area (Å²) in [5.74, 6) is 0.859. The van der Waals surface area contributed by atoms with E-state index in [9.17, 15) is 13.2 Å². The van der Waals surface area contributed by atoms with Crippen molar-refractivity contribution in [2.45, 2.75) is 38.8 Å². The van der Waals surface area contributed by atoms with E-state index in [4.69, 9.17) is 60.7 Å². The smallest absolute Gasteiger partial charge is 0.416 e. The fraction of sp³-hybridized carbons (Fsp3) is 0.375. The first-order valence-corrected chi connectivity index (χ1v) is 12.2. The third-order valence-corrected chi connectivity index (χ3v) is 5.54. The Kier molecular flexibility index (Phi) is 12.3. The molecule has 2 aromatic carbocycles. The van der Waals surface area contributed by atoms with Crippen LogP contribution in [-0.2, 0) is 11.0 Å². The van der Waals surface area contributed by atoms with E-state index in [1.54, 1.807) is 19.1 Å². The van der Waals surface area contributed by atoms with Gasteiger partial charge >= 0.3 is 6.18 Å². The van der Waals surface area contributed by atoms with Gasteiger partial charge in [0.15, 0.2) is 5.75 Å². The van der Waals surface area contributed by atoms with Crippen molar-refractivity contribution in [3.8, 4) is 11.5 Å². The summed E-state index contributed by atoms with van der Waals surface area (Å²) in [4.78, 5) is 5.28. The zero-order valence-electron chi connectivity index (χ0n) is 18.8. The maximum Gasteiger partial charge on any atom is 0.416 e. The predicted octanol–water partition coefficient (Wildman–Crippen LogP) is 9.09. The van der Waals surface area contributed by atoms with Crippen LogP contribution >= 0.6 is 46.4 Å². The number of nitrogens with zero attached hydrogens (tertiary/aromatic N) is 1. The second-order valence-electron chi connectivity index (χ2n) is 7.37. The fourth-order valence-corrected chi connectivity index (χ4v) is 3.55. The molecule has 0 aromatic heterocycles. The molecule has 192 valence electrons. The lowest BCUT2D eigenvalue weighted by molar-refractivity contribution is -0.137. The minimum absolute atomic E-state index is 0.106. The number of ether oxygens (including phenoxy) is 2. The number of oxime groups is 1. The number of benzene rings is 2. The molecule has 0 unspecified atom stereocenters. The molecule has 0 saturated heterocycles. The number of alkyl halides is 3. The van der Waals surface area contributed by atoms with E-state index in [-0.39, 0.29) is 11.1 Å². The zero-order valence-corrected chi connectivity index (χ0v) is 21.8. The minimum atomic E-state index is -4.36. The molecule has 0 aliphatic carbocycles. The monoisotopic (exact) mass is 571 g/mol. The first-order chi connectivity index (χ1) is 16.6. The SMILES string of the molecule is CC(=NOCCCCCCOc1c(Cl)cc(OCC=C(Cl)Cl)cc1Cl)c1ccc(C(F)(F)F)cc1. The molecular weight excluding hydrogens is 549 g/mol. The summed E-state index contributed by atoms with van der Waals surface area (Å²) < 4.78 is 49.1. The van der Waals surface area contributed by atoms with Crippen LogP contribution in [-0.4, -0.2) is 25.5 Å². The third-order valence-electron chi connectivity index (χ3n) is 4.67. The van der Waals surface area contributed by atoms with Gasteiger partial charge in [-0.15, -0.1) is 0 Å². The second-order valence-corrected chi connectivity index (χ2v) is 9.19. The Bertz CT molecular complexity index is 985. The highest BCUT2D eigenvalue weighted by Crippen LogP contribution is 2.37. The van der Waals surface area contributed by atoms with E-state index in [0.717, 1.165) is 37.8 Å². The Morgan fingerprint density at radius 1 is 0.914 bits per heavy atom. The molecule has 4 nitrogen and oxygen atoms in total. The lowest BCUT2D eigenvalue weighted by atomic mass is 10.1. The molecular formula is C24H24Cl4F3NO3. The summed E-state index contributed by atoms with van der Waals surface area (Å²) in [6, 6.07) is 8.00. The average Bonchev–Trinajstić information content (AvgIpc) is 2.78. The molecule has 0 atom stereocenters. The van der Waals surface area contributed by atoms with Crippen LogP contribution < -0.4 is 9.47 Å². The Balaban J connectivity index is 1.64. The lowest BCUT2D eigenvalue weighted by Gasteiger charge is -2.12. The van der Waals surface area contributed by atoms with E-state index in [1.165, 1.54) is 18.2 Å². The predicted molar refractivity (Wildman–Crippen MR) is 135 cm³/mol. The van der Waals surface area contributed by atoms with Crippen LogP contribution in [0, 0.1) is 0 Å². The van der Waals surface area contributed by atoms with Crippen LogP contribution in [0.5, 0.6) is 11.5 Å². The van der Waals surface area contributed by atoms with Crippen LogP contribution in [0.4, 0.5) is 13.2 Å². The topological polar surface area (TPSA) is 40.0 Å². The summed E-state index contributed by atoms with van der Waals surface area (Å²) >= 11 is 23.5. The molecule has 0 aliphatic rings. The van der Waals surface area contributed by atoms with Gasteiger partial charge in [-0.25, -0.2) is 0 Å². The molecule has 0 amide bonds. The number of unbranched alkanes of at least 4 members (excludes halogenated alkanes) is 3. The van der Waals surface area contributed by atoms with Crippen LogP contribution in [0.25, 0.3) is 0 Å². The summed E-state index contributed by atoms with van der Waals surface area (Å²) in [6.45, 7) is 2.71. The summed E-state index contributed by atoms with van der Waals surface area (Å²) in [5, 5.41) is 4.64. The van der Waals surface area contributed by atoms with Crippen LogP contribution in [0.15, 0.2) is 52.1 Å². The average molecular weight is 573 g/mol. The Morgan fingerprint density at radius 3 is 2.09 bits per heavy atom. The fourth-order valence-electron chi connectivity index (χ4n) is 2.85. The van der Waals surface area contributed by atoms with Gasteiger partial charge < -0.3 is 14.3 Å². The summed E-state index contributed by atoms with van der Waals surface area (Å²) in [7, 11) is 0. The van der Waals surface area contributed by atoms with Crippen molar-refractivity contribution in [3.05, 3.63) is 68.1 Å². The van der Waals surface area contributed by atoms with Crippen molar-refractivity contribution in [1.29, 1.82) is 0 Å². The molecule has 0 fully saturated rings. The first kappa shape index (κ1) is 29.4. The van der Waals surface area contributed by atoms with E-state index in [1.807, 2.05) is 0 Å². The van der Waals surface area contributed by atoms with Crippen molar-refractivity contribution >= 4 is 52.1 Å². The van der Waals surface area contributed by atoms with Crippen LogP contribution in [0.3, 0.4) is 0 Å². The van der Waals surface area contributed by atoms with Crippen molar-refractivity contribution < 1.29 is 27.5 Å². The zero-order chi connectivity index (χ0) is 25.8. The van der Waals surface area contributed by atoms with Gasteiger partial charge in [0.2, 0.25) is 0 Å². The van der Waals surface area contributed by atoms with E-state index < -0.39 is 11.7 Å². The Morgan fingerprint density at radius 2 is 1.51 bits per heavy atom. The number of halogens is 7. The number of hydrogen-bond acceptors (Lipinski definition) is 4. The maximum atomic E-state index is 12.6. The largest absolute Gasteiger partial charge is 0.490 e. The molecule has 35 heavy (non-hydrogen) atoms. The highest BCUT2D eigenvalue weighted by Gasteiger charge is 2.30. The van der Waals surface area contributed by atoms with Crippen molar-refractivity contribution in [2.75, 3.05) is 19.8 Å². The summed E-state index contributed by atoms with van der Waals surface area (Å²) in [6.07, 6.45) is 0.486. The molecule has 11 heteroatoms. The van der Waals surface area contributed by atoms with Gasteiger partial charge in [-0.3, -0.25) is 0 Å². The second kappa shape index (κ2) is 14.7. The molecule has 0 bridgehead atoms. The van der Waals surface area contributed by atoms with Crippen molar-refractivity contribution in [1.82, 2.24) is 0 Å². The highest BCUT2D eigenvalue weighted by molar-refractivity contribution is 6.55. The molecule has 2 rings (SSSR count). The van der Waals surface area contributed by atoms with Gasteiger partial charge in [-0.2, -0.15) is 13.2 Å². The first-order valence-electron chi connectivity index (χ1n) is 10.7. The van der Waals surface area contributed by atoms with Gasteiger partial charge in [-0.05, 0) is 56.4 Å². The highest BCUT2D eigenvalue weighted by atomic mass is 35.5. The quantitative estimate of drug-likeness (QED) is 0.136. The van der Waals surface area contributed by atoms with Crippen molar-refractivity contribution in [2.24, 2.45) is 5.16 Å². The number of hydrogen-bond donors (Lipinski definition) is 0. The normalized spacial score (nSPS) is 11.8. The molecule has 0 aliphatic heterocycles. The van der Waals surface area contributed by atoms with Gasteiger partial charge in [-0.1, -0.05) is 63.7 Å². The van der Waals surface area contributed by atoms with Crippen LogP contribution in [0.2, 0.25) is 10.0 Å². The van der Waals surface area contributed by atoms with Crippen LogP contribution in [0.1, 0.15) is 43.7 Å². The van der Waals surface area contributed by atoms with Gasteiger partial charge in [0.05, 0.1) is 27.9 Å². The van der Waals surface area contributed by atoms with Crippen molar-refractivity contribution in [3.63, 3.8) is 0 Å². The molecule has 0 radical (unpaired) electrons. The molecule has 0 heterocycles. The van der Waals surface area contributed by atoms with Gasteiger partial charge in [0, 0.05) is 12.1 Å². The summed E-state index contributed by atoms with van der Waals surface area (Å²) in [5.41, 5.74) is 0.385. The van der Waals surface area contributed by atoms with E-state index in [2.05, 4.69) is 5.16 Å². The molecule has 0 saturated carbocycles. The van der Waals surface area contributed by atoms with E-state index in [0.29, 0.717) is 46.0 Å².